The normalized spacial score (nSPS) is 10.2. The average Bonchev–Trinajstić information content (AvgIpc) is 2.34. The van der Waals surface area contributed by atoms with E-state index in [0.717, 1.165) is 18.1 Å². The van der Waals surface area contributed by atoms with Gasteiger partial charge >= 0.3 is 5.88 Å². The second-order valence-corrected chi connectivity index (χ2v) is 3.84. The van der Waals surface area contributed by atoms with Gasteiger partial charge in [-0.25, -0.2) is 0 Å². The third kappa shape index (κ3) is 2.97. The molecule has 0 radical (unpaired) electrons. The molecule has 1 aromatic heterocycles. The lowest BCUT2D eigenvalue weighted by Gasteiger charge is -2.05. The fourth-order valence-corrected chi connectivity index (χ4v) is 1.71. The van der Waals surface area contributed by atoms with Crippen molar-refractivity contribution in [2.45, 2.75) is 13.5 Å². The van der Waals surface area contributed by atoms with Crippen LogP contribution in [-0.2, 0) is 6.54 Å². The summed E-state index contributed by atoms with van der Waals surface area (Å²) in [5.41, 5.74) is 7.72. The summed E-state index contributed by atoms with van der Waals surface area (Å²) in [6.45, 7) is 3.39. The number of nitrogens with zero attached hydrogens (tertiary/aromatic N) is 1. The van der Waals surface area contributed by atoms with E-state index in [1.54, 1.807) is 0 Å². The molecule has 0 amide bonds. The zero-order chi connectivity index (χ0) is 12.1. The Morgan fingerprint density at radius 2 is 1.94 bits per heavy atom. The van der Waals surface area contributed by atoms with Crippen LogP contribution >= 0.6 is 0 Å². The smallest absolute Gasteiger partial charge is 0.370 e. The molecule has 0 aliphatic heterocycles. The van der Waals surface area contributed by atoms with Gasteiger partial charge in [-0.05, 0) is 6.92 Å². The topological polar surface area (TPSA) is 39.1 Å². The number of anilines is 1. The van der Waals surface area contributed by atoms with Gasteiger partial charge in [0.05, 0.1) is 12.7 Å². The van der Waals surface area contributed by atoms with E-state index in [-0.39, 0.29) is 0 Å². The zero-order valence-electron chi connectivity index (χ0n) is 9.97. The quantitative estimate of drug-likeness (QED) is 0.814. The Morgan fingerprint density at radius 1 is 1.18 bits per heavy atom. The second-order valence-electron chi connectivity index (χ2n) is 3.84. The molecule has 2 aromatic rings. The van der Waals surface area contributed by atoms with E-state index >= 15 is 0 Å². The lowest BCUT2D eigenvalue weighted by atomic mass is 10.2. The highest BCUT2D eigenvalue weighted by molar-refractivity contribution is 5.37. The fourth-order valence-electron chi connectivity index (χ4n) is 1.71. The third-order valence-corrected chi connectivity index (χ3v) is 2.51. The molecule has 0 unspecified atom stereocenters. The molecule has 0 atom stereocenters. The first-order valence-electron chi connectivity index (χ1n) is 5.75. The van der Waals surface area contributed by atoms with E-state index in [2.05, 4.69) is 16.7 Å². The zero-order valence-corrected chi connectivity index (χ0v) is 9.97. The number of rotatable bonds is 4. The Hall–Kier alpha value is -2.03. The lowest BCUT2D eigenvalue weighted by molar-refractivity contribution is -0.693. The van der Waals surface area contributed by atoms with Crippen molar-refractivity contribution in [3.05, 3.63) is 54.2 Å². The maximum Gasteiger partial charge on any atom is 0.370 e. The molecule has 0 spiro atoms. The minimum Gasteiger partial charge on any atom is -0.445 e. The van der Waals surface area contributed by atoms with Crippen LogP contribution in [0, 0.1) is 0 Å². The van der Waals surface area contributed by atoms with Crippen molar-refractivity contribution in [3.8, 4) is 5.88 Å². The monoisotopic (exact) mass is 229 g/mol. The summed E-state index contributed by atoms with van der Waals surface area (Å²) in [6, 6.07) is 14.0. The fraction of sp³-hybridized carbons (Fsp3) is 0.214. The molecule has 3 nitrogen and oxygen atoms in total. The van der Waals surface area contributed by atoms with Crippen LogP contribution in [-0.4, -0.2) is 6.61 Å². The minimum absolute atomic E-state index is 0.637. The number of benzene rings is 1. The Labute approximate surface area is 101 Å². The summed E-state index contributed by atoms with van der Waals surface area (Å²) >= 11 is 0. The van der Waals surface area contributed by atoms with Gasteiger partial charge in [-0.3, -0.25) is 0 Å². The Kier molecular flexibility index (Phi) is 3.60. The summed E-state index contributed by atoms with van der Waals surface area (Å²) in [4.78, 5) is 0. The van der Waals surface area contributed by atoms with Gasteiger partial charge in [0.1, 0.15) is 0 Å². The standard InChI is InChI=1S/C14H16N2O/c1-2-17-14-10-13(15)8-9-16(14)11-12-6-4-3-5-7-12/h3-10,15H,2,11H2,1H3/p+1. The van der Waals surface area contributed by atoms with Crippen LogP contribution in [0.2, 0.25) is 0 Å². The number of nitrogen functional groups attached to an aromatic ring is 1. The summed E-state index contributed by atoms with van der Waals surface area (Å²) in [5, 5.41) is 0. The van der Waals surface area contributed by atoms with Gasteiger partial charge in [0.2, 0.25) is 0 Å². The van der Waals surface area contributed by atoms with Crippen molar-refractivity contribution in [1.82, 2.24) is 0 Å². The molecule has 17 heavy (non-hydrogen) atoms. The predicted octanol–water partition coefficient (Wildman–Crippen LogP) is 2.00. The van der Waals surface area contributed by atoms with Crippen molar-refractivity contribution in [1.29, 1.82) is 0 Å². The van der Waals surface area contributed by atoms with Crippen LogP contribution in [0.15, 0.2) is 48.7 Å². The van der Waals surface area contributed by atoms with Gasteiger partial charge < -0.3 is 10.5 Å². The van der Waals surface area contributed by atoms with Crippen LogP contribution in [0.5, 0.6) is 5.88 Å². The van der Waals surface area contributed by atoms with E-state index in [0.29, 0.717) is 6.61 Å². The number of nitrogens with two attached hydrogens (primary N) is 1. The van der Waals surface area contributed by atoms with Crippen molar-refractivity contribution in [2.24, 2.45) is 0 Å². The van der Waals surface area contributed by atoms with E-state index < -0.39 is 0 Å². The van der Waals surface area contributed by atoms with Gasteiger partial charge in [0.25, 0.3) is 0 Å². The molecule has 2 N–H and O–H groups in total. The summed E-state index contributed by atoms with van der Waals surface area (Å²) in [5.74, 6) is 0.802. The molecule has 0 fully saturated rings. The van der Waals surface area contributed by atoms with Gasteiger partial charge in [-0.1, -0.05) is 30.3 Å². The highest BCUT2D eigenvalue weighted by Gasteiger charge is 2.12. The molecular weight excluding hydrogens is 212 g/mol. The SMILES string of the molecule is CCOc1cc(N)cc[n+]1Cc1ccccc1. The highest BCUT2D eigenvalue weighted by Crippen LogP contribution is 2.10. The minimum atomic E-state index is 0.637. The highest BCUT2D eigenvalue weighted by atomic mass is 16.5. The number of hydrogen-bond acceptors (Lipinski definition) is 2. The molecule has 1 heterocycles. The van der Waals surface area contributed by atoms with Crippen molar-refractivity contribution in [3.63, 3.8) is 0 Å². The van der Waals surface area contributed by atoms with Gasteiger partial charge in [0, 0.05) is 17.3 Å². The molecule has 2 rings (SSSR count). The summed E-state index contributed by atoms with van der Waals surface area (Å²) in [6.07, 6.45) is 1.95. The molecule has 88 valence electrons. The van der Waals surface area contributed by atoms with Crippen LogP contribution in [0.25, 0.3) is 0 Å². The molecule has 0 bridgehead atoms. The number of pyridine rings is 1. The van der Waals surface area contributed by atoms with Gasteiger partial charge in [-0.15, -0.1) is 0 Å². The molecule has 0 aliphatic carbocycles. The van der Waals surface area contributed by atoms with Crippen molar-refractivity contribution < 1.29 is 9.30 Å². The average molecular weight is 229 g/mol. The first-order valence-corrected chi connectivity index (χ1v) is 5.75. The first kappa shape index (κ1) is 11.5. The number of aromatic nitrogens is 1. The molecule has 0 saturated carbocycles. The number of hydrogen-bond donors (Lipinski definition) is 1. The first-order chi connectivity index (χ1) is 8.29. The van der Waals surface area contributed by atoms with Crippen molar-refractivity contribution >= 4 is 5.69 Å². The Balaban J connectivity index is 2.26. The van der Waals surface area contributed by atoms with Crippen LogP contribution < -0.4 is 15.0 Å². The van der Waals surface area contributed by atoms with Crippen LogP contribution in [0.3, 0.4) is 0 Å². The third-order valence-electron chi connectivity index (χ3n) is 2.51. The van der Waals surface area contributed by atoms with E-state index in [1.807, 2.05) is 43.5 Å². The maximum atomic E-state index is 5.76. The Bertz CT molecular complexity index is 483. The van der Waals surface area contributed by atoms with E-state index in [1.165, 1.54) is 5.56 Å². The number of ether oxygens (including phenoxy) is 1. The van der Waals surface area contributed by atoms with Crippen molar-refractivity contribution in [2.75, 3.05) is 12.3 Å². The van der Waals surface area contributed by atoms with Crippen LogP contribution in [0.4, 0.5) is 5.69 Å². The van der Waals surface area contributed by atoms with Gasteiger partial charge in [0.15, 0.2) is 12.7 Å². The summed E-state index contributed by atoms with van der Waals surface area (Å²) < 4.78 is 7.62. The predicted molar refractivity (Wildman–Crippen MR) is 67.8 cm³/mol. The maximum absolute atomic E-state index is 5.76. The largest absolute Gasteiger partial charge is 0.445 e. The molecule has 0 aliphatic rings. The second kappa shape index (κ2) is 5.34. The molecule has 0 saturated heterocycles. The Morgan fingerprint density at radius 3 is 2.65 bits per heavy atom. The van der Waals surface area contributed by atoms with E-state index in [4.69, 9.17) is 10.5 Å². The molecular formula is C14H17N2O+. The van der Waals surface area contributed by atoms with E-state index in [9.17, 15) is 0 Å². The van der Waals surface area contributed by atoms with Crippen LogP contribution in [0.1, 0.15) is 12.5 Å². The lowest BCUT2D eigenvalue weighted by Crippen LogP contribution is -2.36. The molecule has 1 aromatic carbocycles. The molecule has 3 heteroatoms. The summed E-state index contributed by atoms with van der Waals surface area (Å²) in [7, 11) is 0. The van der Waals surface area contributed by atoms with Gasteiger partial charge in [-0.2, -0.15) is 4.57 Å².